The highest BCUT2D eigenvalue weighted by Gasteiger charge is 2.10. The maximum atomic E-state index is 12.9. The number of benzene rings is 2. The van der Waals surface area contributed by atoms with Gasteiger partial charge in [0.25, 0.3) is 5.91 Å². The normalized spacial score (nSPS) is 10.5. The lowest BCUT2D eigenvalue weighted by atomic mass is 10.1. The van der Waals surface area contributed by atoms with Gasteiger partial charge in [-0.3, -0.25) is 10.1 Å². The van der Waals surface area contributed by atoms with Crippen LogP contribution < -0.4 is 10.6 Å². The first-order valence-electron chi connectivity index (χ1n) is 8.15. The lowest BCUT2D eigenvalue weighted by Crippen LogP contribution is -2.34. The number of hydrogen-bond acceptors (Lipinski definition) is 4. The molecule has 3 N–H and O–H groups in total. The van der Waals surface area contributed by atoms with Crippen LogP contribution in [0.1, 0.15) is 21.7 Å². The largest absolute Gasteiger partial charge is 0.459 e. The molecule has 1 amide bonds. The van der Waals surface area contributed by atoms with Crippen molar-refractivity contribution in [3.05, 3.63) is 77.3 Å². The molecule has 27 heavy (non-hydrogen) atoms. The third-order valence-electron chi connectivity index (χ3n) is 3.90. The van der Waals surface area contributed by atoms with E-state index >= 15 is 0 Å². The summed E-state index contributed by atoms with van der Waals surface area (Å²) in [5.41, 5.74) is 2.84. The van der Waals surface area contributed by atoms with Crippen LogP contribution in [0.25, 0.3) is 11.3 Å². The van der Waals surface area contributed by atoms with Crippen molar-refractivity contribution in [1.82, 2.24) is 5.32 Å². The summed E-state index contributed by atoms with van der Waals surface area (Å²) in [5, 5.41) is 14.7. The molecule has 0 saturated carbocycles. The van der Waals surface area contributed by atoms with E-state index in [2.05, 4.69) is 10.6 Å². The Kier molecular flexibility index (Phi) is 5.63. The molecule has 5 nitrogen and oxygen atoms in total. The molecule has 0 fully saturated rings. The SMILES string of the molecule is Cc1cc(NC(=S)NC(=O)c2ccc(F)cc2)ccc1-c1ccc(CO)o1. The van der Waals surface area contributed by atoms with Gasteiger partial charge in [0.1, 0.15) is 23.9 Å². The molecule has 0 atom stereocenters. The first-order valence-corrected chi connectivity index (χ1v) is 8.55. The van der Waals surface area contributed by atoms with Crippen molar-refractivity contribution in [3.63, 3.8) is 0 Å². The molecule has 2 aromatic carbocycles. The van der Waals surface area contributed by atoms with E-state index in [-0.39, 0.29) is 11.7 Å². The van der Waals surface area contributed by atoms with E-state index in [4.69, 9.17) is 21.7 Å². The highest BCUT2D eigenvalue weighted by Crippen LogP contribution is 2.27. The number of carbonyl (C=O) groups is 1. The summed E-state index contributed by atoms with van der Waals surface area (Å²) in [6.45, 7) is 1.77. The number of furan rings is 1. The second kappa shape index (κ2) is 8.11. The number of amides is 1. The van der Waals surface area contributed by atoms with E-state index in [1.165, 1.54) is 24.3 Å². The minimum absolute atomic E-state index is 0.136. The molecule has 0 spiro atoms. The predicted octanol–water partition coefficient (Wildman–Crippen LogP) is 4.01. The molecule has 3 aromatic rings. The van der Waals surface area contributed by atoms with Gasteiger partial charge in [0.05, 0.1) is 0 Å². The van der Waals surface area contributed by atoms with Gasteiger partial charge in [-0.2, -0.15) is 0 Å². The van der Waals surface area contributed by atoms with Crippen LogP contribution in [0, 0.1) is 12.7 Å². The Bertz CT molecular complexity index is 983. The number of nitrogens with one attached hydrogen (secondary N) is 2. The minimum Gasteiger partial charge on any atom is -0.459 e. The first-order chi connectivity index (χ1) is 13.0. The van der Waals surface area contributed by atoms with Gasteiger partial charge >= 0.3 is 0 Å². The number of aliphatic hydroxyl groups excluding tert-OH is 1. The van der Waals surface area contributed by atoms with Crippen LogP contribution in [-0.2, 0) is 6.61 Å². The van der Waals surface area contributed by atoms with Gasteiger partial charge in [0.2, 0.25) is 0 Å². The highest BCUT2D eigenvalue weighted by atomic mass is 32.1. The van der Waals surface area contributed by atoms with Gasteiger partial charge in [-0.15, -0.1) is 0 Å². The van der Waals surface area contributed by atoms with Crippen LogP contribution >= 0.6 is 12.2 Å². The van der Waals surface area contributed by atoms with E-state index in [0.717, 1.165) is 11.1 Å². The molecular formula is C20H17FN2O3S. The Balaban J connectivity index is 1.66. The molecule has 138 valence electrons. The second-order valence-corrected chi connectivity index (χ2v) is 6.28. The lowest BCUT2D eigenvalue weighted by Gasteiger charge is -2.11. The van der Waals surface area contributed by atoms with Crippen molar-refractivity contribution in [2.24, 2.45) is 0 Å². The smallest absolute Gasteiger partial charge is 0.257 e. The molecule has 7 heteroatoms. The van der Waals surface area contributed by atoms with Crippen LogP contribution in [-0.4, -0.2) is 16.1 Å². The molecule has 0 unspecified atom stereocenters. The highest BCUT2D eigenvalue weighted by molar-refractivity contribution is 7.80. The monoisotopic (exact) mass is 384 g/mol. The summed E-state index contributed by atoms with van der Waals surface area (Å²) >= 11 is 5.16. The Labute approximate surface area is 160 Å². The molecular weight excluding hydrogens is 367 g/mol. The van der Waals surface area contributed by atoms with Crippen LogP contribution in [0.15, 0.2) is 59.0 Å². The number of hydrogen-bond donors (Lipinski definition) is 3. The summed E-state index contributed by atoms with van der Waals surface area (Å²) in [6, 6.07) is 14.3. The molecule has 0 saturated heterocycles. The van der Waals surface area contributed by atoms with Gasteiger partial charge in [0.15, 0.2) is 5.11 Å². The minimum atomic E-state index is -0.423. The molecule has 0 radical (unpaired) electrons. The van der Waals surface area contributed by atoms with Crippen molar-refractivity contribution < 1.29 is 18.7 Å². The van der Waals surface area contributed by atoms with Crippen molar-refractivity contribution >= 4 is 28.9 Å². The second-order valence-electron chi connectivity index (χ2n) is 5.87. The topological polar surface area (TPSA) is 74.5 Å². The Hall–Kier alpha value is -3.03. The fourth-order valence-electron chi connectivity index (χ4n) is 2.56. The van der Waals surface area contributed by atoms with Crippen LogP contribution in [0.4, 0.5) is 10.1 Å². The Morgan fingerprint density at radius 1 is 1.15 bits per heavy atom. The van der Waals surface area contributed by atoms with Gasteiger partial charge in [0, 0.05) is 16.8 Å². The summed E-state index contributed by atoms with van der Waals surface area (Å²) in [6.07, 6.45) is 0. The molecule has 0 aliphatic heterocycles. The number of aliphatic hydroxyl groups is 1. The first kappa shape index (κ1) is 18.8. The third kappa shape index (κ3) is 4.58. The number of rotatable bonds is 4. The van der Waals surface area contributed by atoms with Crippen LogP contribution in [0.2, 0.25) is 0 Å². The lowest BCUT2D eigenvalue weighted by molar-refractivity contribution is 0.0977. The number of thiocarbonyl (C=S) groups is 1. The average molecular weight is 384 g/mol. The summed E-state index contributed by atoms with van der Waals surface area (Å²) in [4.78, 5) is 12.1. The van der Waals surface area contributed by atoms with E-state index < -0.39 is 11.7 Å². The molecule has 0 bridgehead atoms. The van der Waals surface area contributed by atoms with E-state index in [0.29, 0.717) is 22.8 Å². The number of aryl methyl sites for hydroxylation is 1. The van der Waals surface area contributed by atoms with E-state index in [1.54, 1.807) is 18.2 Å². The molecule has 0 aliphatic rings. The average Bonchev–Trinajstić information content (AvgIpc) is 3.11. The summed E-state index contributed by atoms with van der Waals surface area (Å²) < 4.78 is 18.5. The quantitative estimate of drug-likeness (QED) is 0.593. The van der Waals surface area contributed by atoms with Gasteiger partial charge in [-0.25, -0.2) is 4.39 Å². The summed E-state index contributed by atoms with van der Waals surface area (Å²) in [7, 11) is 0. The Morgan fingerprint density at radius 3 is 2.52 bits per heavy atom. The van der Waals surface area contributed by atoms with E-state index in [1.807, 2.05) is 19.1 Å². The maximum Gasteiger partial charge on any atom is 0.257 e. The number of anilines is 1. The van der Waals surface area contributed by atoms with Crippen molar-refractivity contribution in [2.75, 3.05) is 5.32 Å². The fourth-order valence-corrected chi connectivity index (χ4v) is 2.77. The van der Waals surface area contributed by atoms with Gasteiger partial charge in [-0.05, 0) is 79.3 Å². The van der Waals surface area contributed by atoms with E-state index in [9.17, 15) is 9.18 Å². The number of halogens is 1. The zero-order chi connectivity index (χ0) is 19.4. The van der Waals surface area contributed by atoms with Gasteiger partial charge in [-0.1, -0.05) is 0 Å². The standard InChI is InChI=1S/C20H17FN2O3S/c1-12-10-15(6-8-17(12)18-9-7-16(11-24)26-18)22-20(27)23-19(25)13-2-4-14(21)5-3-13/h2-10,24H,11H2,1H3,(H2,22,23,25,27). The molecule has 3 rings (SSSR count). The molecule has 0 aliphatic carbocycles. The zero-order valence-electron chi connectivity index (χ0n) is 14.5. The molecule has 1 heterocycles. The van der Waals surface area contributed by atoms with Crippen molar-refractivity contribution in [1.29, 1.82) is 0 Å². The Morgan fingerprint density at radius 2 is 1.89 bits per heavy atom. The fraction of sp³-hybridized carbons (Fsp3) is 0.100. The zero-order valence-corrected chi connectivity index (χ0v) is 15.3. The van der Waals surface area contributed by atoms with Crippen LogP contribution in [0.5, 0.6) is 0 Å². The summed E-state index contributed by atoms with van der Waals surface area (Å²) in [5.74, 6) is 0.324. The third-order valence-corrected chi connectivity index (χ3v) is 4.10. The number of carbonyl (C=O) groups excluding carboxylic acids is 1. The van der Waals surface area contributed by atoms with Crippen molar-refractivity contribution in [2.45, 2.75) is 13.5 Å². The maximum absolute atomic E-state index is 12.9. The van der Waals surface area contributed by atoms with Gasteiger partial charge < -0.3 is 14.8 Å². The molecule has 1 aromatic heterocycles. The van der Waals surface area contributed by atoms with Crippen molar-refractivity contribution in [3.8, 4) is 11.3 Å². The predicted molar refractivity (Wildman–Crippen MR) is 105 cm³/mol. The van der Waals surface area contributed by atoms with Crippen LogP contribution in [0.3, 0.4) is 0 Å².